The third-order valence-corrected chi connectivity index (χ3v) is 6.14. The van der Waals surface area contributed by atoms with Crippen molar-refractivity contribution in [1.29, 1.82) is 0 Å². The highest BCUT2D eigenvalue weighted by Gasteiger charge is 2.73. The fourth-order valence-corrected chi connectivity index (χ4v) is 4.59. The van der Waals surface area contributed by atoms with Crippen molar-refractivity contribution < 1.29 is 37.3 Å². The van der Waals surface area contributed by atoms with Crippen molar-refractivity contribution in [3.05, 3.63) is 47.7 Å². The topological polar surface area (TPSA) is 172 Å². The summed E-state index contributed by atoms with van der Waals surface area (Å²) in [7, 11) is 0. The molecule has 0 saturated carbocycles. The zero-order chi connectivity index (χ0) is 24.5. The minimum atomic E-state index is -4.64. The van der Waals surface area contributed by atoms with Crippen molar-refractivity contribution in [3.63, 3.8) is 0 Å². The molecule has 0 amide bonds. The highest BCUT2D eigenvalue weighted by molar-refractivity contribution is 5.89. The molecule has 1 spiro atoms. The van der Waals surface area contributed by atoms with Crippen LogP contribution in [0.4, 0.5) is 13.2 Å². The molecule has 0 radical (unpaired) electrons. The van der Waals surface area contributed by atoms with E-state index < -0.39 is 47.1 Å². The molecule has 4 heterocycles. The van der Waals surface area contributed by atoms with E-state index in [0.717, 1.165) is 12.1 Å². The Morgan fingerprint density at radius 1 is 1.24 bits per heavy atom. The molecule has 180 valence electrons. The van der Waals surface area contributed by atoms with E-state index >= 15 is 0 Å². The number of esters is 1. The minimum Gasteiger partial charge on any atom is -0.449 e. The Labute approximate surface area is 189 Å². The number of hydrogen-bond acceptors (Lipinski definition) is 11. The van der Waals surface area contributed by atoms with Gasteiger partial charge in [-0.3, -0.25) is 4.99 Å². The van der Waals surface area contributed by atoms with E-state index in [2.05, 4.69) is 15.3 Å². The largest absolute Gasteiger partial charge is 0.449 e. The van der Waals surface area contributed by atoms with Gasteiger partial charge in [0.2, 0.25) is 11.5 Å². The van der Waals surface area contributed by atoms with E-state index in [0.29, 0.717) is 0 Å². The fraction of sp³-hybridized carbons (Fsp3) is 0.350. The maximum absolute atomic E-state index is 13.3. The highest BCUT2D eigenvalue weighted by atomic mass is 19.4. The van der Waals surface area contributed by atoms with Gasteiger partial charge in [-0.1, -0.05) is 18.2 Å². The third-order valence-electron chi connectivity index (χ3n) is 6.14. The first kappa shape index (κ1) is 22.0. The number of guanidine groups is 2. The van der Waals surface area contributed by atoms with Crippen LogP contribution in [-0.2, 0) is 10.9 Å². The summed E-state index contributed by atoms with van der Waals surface area (Å²) in [5.41, 5.74) is 8.76. The van der Waals surface area contributed by atoms with E-state index in [1.54, 1.807) is 0 Å². The number of benzene rings is 1. The monoisotopic (exact) mass is 480 g/mol. The zero-order valence-electron chi connectivity index (χ0n) is 17.3. The van der Waals surface area contributed by atoms with Crippen molar-refractivity contribution in [3.8, 4) is 11.3 Å². The van der Waals surface area contributed by atoms with Crippen molar-refractivity contribution in [2.24, 2.45) is 21.5 Å². The van der Waals surface area contributed by atoms with Crippen molar-refractivity contribution in [2.45, 2.75) is 29.8 Å². The quantitative estimate of drug-likeness (QED) is 0.295. The lowest BCUT2D eigenvalue weighted by Crippen LogP contribution is -2.76. The summed E-state index contributed by atoms with van der Waals surface area (Å²) in [5.74, 6) is -4.59. The maximum atomic E-state index is 13.3. The second-order valence-corrected chi connectivity index (χ2v) is 8.06. The SMILES string of the molecule is NC1=N[C@H]2CN=C(N)N3C[C@H](OC(=O)c4ccc(-c5ccccc5C(F)(F)F)o4)C(O)(O)C23N1. The van der Waals surface area contributed by atoms with Gasteiger partial charge in [0.15, 0.2) is 23.7 Å². The van der Waals surface area contributed by atoms with Crippen LogP contribution in [-0.4, -0.2) is 69.7 Å². The van der Waals surface area contributed by atoms with E-state index in [-0.39, 0.29) is 36.3 Å². The van der Waals surface area contributed by atoms with Gasteiger partial charge >= 0.3 is 12.1 Å². The summed E-state index contributed by atoms with van der Waals surface area (Å²) >= 11 is 0. The van der Waals surface area contributed by atoms with Crippen LogP contribution in [0.5, 0.6) is 0 Å². The standard InChI is InChI=1S/C20H19F3N6O5/c21-20(22,23)10-4-2-1-3-9(10)11-5-6-12(33-11)15(30)34-14-8-29-17(25)26-7-13-18(29,19(14,31)32)28-16(24)27-13/h1-6,13-14,31-32H,7-8H2,(H2,25,26)(H3,24,27,28)/t13-,14-,18?/m0/s1. The molecule has 11 nitrogen and oxygen atoms in total. The van der Waals surface area contributed by atoms with Crippen LogP contribution in [0.1, 0.15) is 16.1 Å². The number of hydrogen-bond donors (Lipinski definition) is 5. The lowest BCUT2D eigenvalue weighted by atomic mass is 9.90. The van der Waals surface area contributed by atoms with Gasteiger partial charge in [0.05, 0.1) is 18.7 Å². The molecule has 5 rings (SSSR count). The molecule has 2 aromatic rings. The van der Waals surface area contributed by atoms with Crippen molar-refractivity contribution >= 4 is 17.9 Å². The average Bonchev–Trinajstić information content (AvgIpc) is 3.44. The minimum absolute atomic E-state index is 0.0136. The molecular weight excluding hydrogens is 461 g/mol. The fourth-order valence-electron chi connectivity index (χ4n) is 4.59. The maximum Gasteiger partial charge on any atom is 0.417 e. The lowest BCUT2D eigenvalue weighted by molar-refractivity contribution is -0.255. The van der Waals surface area contributed by atoms with Crippen LogP contribution < -0.4 is 16.8 Å². The van der Waals surface area contributed by atoms with Crippen LogP contribution >= 0.6 is 0 Å². The predicted molar refractivity (Wildman–Crippen MR) is 110 cm³/mol. The lowest BCUT2D eigenvalue weighted by Gasteiger charge is -2.46. The molecule has 1 fully saturated rings. The number of nitrogens with two attached hydrogens (primary N) is 2. The molecule has 34 heavy (non-hydrogen) atoms. The van der Waals surface area contributed by atoms with Crippen molar-refractivity contribution in [2.75, 3.05) is 13.1 Å². The number of alkyl halides is 3. The van der Waals surface area contributed by atoms with Gasteiger partial charge in [-0.25, -0.2) is 9.79 Å². The van der Waals surface area contributed by atoms with E-state index in [1.807, 2.05) is 0 Å². The number of nitrogens with one attached hydrogen (secondary N) is 1. The van der Waals surface area contributed by atoms with Gasteiger partial charge in [0, 0.05) is 5.56 Å². The van der Waals surface area contributed by atoms with Gasteiger partial charge in [0.1, 0.15) is 11.8 Å². The number of nitrogens with zero attached hydrogens (tertiary/aromatic N) is 3. The average molecular weight is 480 g/mol. The molecule has 0 aliphatic carbocycles. The van der Waals surface area contributed by atoms with Gasteiger partial charge in [-0.2, -0.15) is 13.2 Å². The molecule has 1 saturated heterocycles. The zero-order valence-corrected chi connectivity index (χ0v) is 17.3. The Hall–Kier alpha value is -3.78. The number of carbonyl (C=O) groups excluding carboxylic acids is 1. The van der Waals surface area contributed by atoms with Crippen LogP contribution in [0, 0.1) is 0 Å². The van der Waals surface area contributed by atoms with Crippen LogP contribution in [0.25, 0.3) is 11.3 Å². The number of ether oxygens (including phenoxy) is 1. The summed E-state index contributed by atoms with van der Waals surface area (Å²) in [4.78, 5) is 22.3. The van der Waals surface area contributed by atoms with Gasteiger partial charge in [-0.15, -0.1) is 0 Å². The molecule has 7 N–H and O–H groups in total. The number of carbonyl (C=O) groups is 1. The van der Waals surface area contributed by atoms with Crippen LogP contribution in [0.3, 0.4) is 0 Å². The molecule has 14 heteroatoms. The first-order valence-electron chi connectivity index (χ1n) is 10.1. The normalized spacial score (nSPS) is 27.4. The molecule has 3 atom stereocenters. The summed E-state index contributed by atoms with van der Waals surface area (Å²) in [6, 6.07) is 6.22. The molecule has 1 aromatic heterocycles. The molecule has 1 aromatic carbocycles. The molecule has 3 aliphatic rings. The number of rotatable bonds is 3. The van der Waals surface area contributed by atoms with E-state index in [4.69, 9.17) is 20.6 Å². The number of furan rings is 1. The van der Waals surface area contributed by atoms with E-state index in [1.165, 1.54) is 29.2 Å². The number of halogens is 3. The first-order chi connectivity index (χ1) is 15.9. The molecule has 1 unspecified atom stereocenters. The summed E-state index contributed by atoms with van der Waals surface area (Å²) < 4.78 is 50.6. The second-order valence-electron chi connectivity index (χ2n) is 8.06. The molecule has 3 aliphatic heterocycles. The number of aliphatic imine (C=N–C) groups is 2. The highest BCUT2D eigenvalue weighted by Crippen LogP contribution is 2.44. The third kappa shape index (κ3) is 3.02. The summed E-state index contributed by atoms with van der Waals surface area (Å²) in [6.45, 7) is -0.259. The Balaban J connectivity index is 1.41. The Morgan fingerprint density at radius 3 is 2.71 bits per heavy atom. The van der Waals surface area contributed by atoms with Gasteiger partial charge in [-0.05, 0) is 18.2 Å². The molecular formula is C20H19F3N6O5. The predicted octanol–water partition coefficient (Wildman–Crippen LogP) is -0.202. The number of aliphatic hydroxyl groups is 2. The van der Waals surface area contributed by atoms with Gasteiger partial charge < -0.3 is 41.1 Å². The summed E-state index contributed by atoms with van der Waals surface area (Å²) in [5, 5.41) is 24.8. The van der Waals surface area contributed by atoms with E-state index in [9.17, 15) is 28.2 Å². The Kier molecular flexibility index (Phi) is 4.61. The Bertz CT molecular complexity index is 1230. The summed E-state index contributed by atoms with van der Waals surface area (Å²) in [6.07, 6.45) is -6.19. The first-order valence-corrected chi connectivity index (χ1v) is 10.1. The van der Waals surface area contributed by atoms with Crippen LogP contribution in [0.2, 0.25) is 0 Å². The van der Waals surface area contributed by atoms with Gasteiger partial charge in [0.25, 0.3) is 0 Å². The van der Waals surface area contributed by atoms with Crippen molar-refractivity contribution in [1.82, 2.24) is 10.2 Å². The second kappa shape index (κ2) is 7.11. The smallest absolute Gasteiger partial charge is 0.417 e. The molecule has 0 bridgehead atoms. The van der Waals surface area contributed by atoms with Crippen LogP contribution in [0.15, 0.2) is 50.8 Å². The Morgan fingerprint density at radius 2 is 1.97 bits per heavy atom.